The molecule has 1 aliphatic heterocycles. The van der Waals surface area contributed by atoms with Gasteiger partial charge < -0.3 is 15.4 Å². The molecule has 0 aromatic heterocycles. The number of hydrogen-bond donors (Lipinski definition) is 2. The van der Waals surface area contributed by atoms with Crippen LogP contribution < -0.4 is 10.6 Å². The van der Waals surface area contributed by atoms with Crippen LogP contribution in [0.25, 0.3) is 0 Å². The molecule has 0 saturated carbocycles. The van der Waals surface area contributed by atoms with E-state index in [1.807, 2.05) is 22.6 Å². The topological polar surface area (TPSA) is 50.4 Å². The maximum atomic E-state index is 12.9. The van der Waals surface area contributed by atoms with Crippen LogP contribution in [-0.2, 0) is 9.53 Å². The lowest BCUT2D eigenvalue weighted by molar-refractivity contribution is -0.118. The number of amides is 1. The Morgan fingerprint density at radius 2 is 2.39 bits per heavy atom. The number of carbonyl (C=O) groups is 1. The van der Waals surface area contributed by atoms with Gasteiger partial charge in [0.05, 0.1) is 17.8 Å². The lowest BCUT2D eigenvalue weighted by Crippen LogP contribution is -2.35. The summed E-state index contributed by atoms with van der Waals surface area (Å²) in [5.74, 6) is -0.421. The zero-order chi connectivity index (χ0) is 13.1. The molecule has 2 N–H and O–H groups in total. The molecule has 18 heavy (non-hydrogen) atoms. The van der Waals surface area contributed by atoms with Crippen LogP contribution >= 0.6 is 22.6 Å². The molecule has 1 heterocycles. The third-order valence-electron chi connectivity index (χ3n) is 2.93. The predicted molar refractivity (Wildman–Crippen MR) is 75.0 cm³/mol. The Bertz CT molecular complexity index is 456. The van der Waals surface area contributed by atoms with Gasteiger partial charge in [0.1, 0.15) is 5.82 Å². The van der Waals surface area contributed by atoms with E-state index in [-0.39, 0.29) is 23.9 Å². The fourth-order valence-electron chi connectivity index (χ4n) is 1.89. The Morgan fingerprint density at radius 1 is 1.61 bits per heavy atom. The highest BCUT2D eigenvalue weighted by Crippen LogP contribution is 2.20. The molecule has 2 unspecified atom stereocenters. The number of nitrogens with one attached hydrogen (secondary N) is 2. The summed E-state index contributed by atoms with van der Waals surface area (Å²) < 4.78 is 18.8. The first kappa shape index (κ1) is 13.7. The van der Waals surface area contributed by atoms with Crippen molar-refractivity contribution in [2.24, 2.45) is 0 Å². The molecule has 1 amide bonds. The Morgan fingerprint density at radius 3 is 3.00 bits per heavy atom. The van der Waals surface area contributed by atoms with Crippen LogP contribution in [0.1, 0.15) is 6.42 Å². The first-order valence-electron chi connectivity index (χ1n) is 5.62. The van der Waals surface area contributed by atoms with Crippen molar-refractivity contribution in [3.8, 4) is 0 Å². The summed E-state index contributed by atoms with van der Waals surface area (Å²) in [6, 6.07) is 4.03. The summed E-state index contributed by atoms with van der Waals surface area (Å²) in [6.45, 7) is 0.676. The van der Waals surface area contributed by atoms with E-state index in [0.717, 1.165) is 0 Å². The minimum Gasteiger partial charge on any atom is -0.380 e. The molecule has 98 valence electrons. The van der Waals surface area contributed by atoms with E-state index in [1.54, 1.807) is 13.2 Å². The van der Waals surface area contributed by atoms with Gasteiger partial charge in [-0.25, -0.2) is 4.39 Å². The van der Waals surface area contributed by atoms with Crippen molar-refractivity contribution in [3.05, 3.63) is 27.6 Å². The van der Waals surface area contributed by atoms with E-state index in [1.165, 1.54) is 12.1 Å². The Balaban J connectivity index is 1.99. The van der Waals surface area contributed by atoms with Crippen LogP contribution in [-0.4, -0.2) is 31.7 Å². The van der Waals surface area contributed by atoms with Crippen LogP contribution in [0, 0.1) is 9.39 Å². The number of ether oxygens (including phenoxy) is 1. The van der Waals surface area contributed by atoms with Crippen molar-refractivity contribution in [3.63, 3.8) is 0 Å². The maximum absolute atomic E-state index is 12.9. The number of anilines is 1. The fourth-order valence-corrected chi connectivity index (χ4v) is 2.51. The first-order valence-corrected chi connectivity index (χ1v) is 6.70. The maximum Gasteiger partial charge on any atom is 0.241 e. The standard InChI is InChI=1S/C12H14FIN2O2/c1-18-8-5-11(15-6-8)12(17)16-10-3-2-7(13)4-9(10)14/h2-4,8,11,15H,5-6H2,1H3,(H,16,17). The first-order chi connectivity index (χ1) is 8.60. The summed E-state index contributed by atoms with van der Waals surface area (Å²) in [5.41, 5.74) is 0.629. The van der Waals surface area contributed by atoms with Crippen molar-refractivity contribution in [2.45, 2.75) is 18.6 Å². The van der Waals surface area contributed by atoms with Crippen LogP contribution in [0.2, 0.25) is 0 Å². The summed E-state index contributed by atoms with van der Waals surface area (Å²) in [6.07, 6.45) is 0.730. The second kappa shape index (κ2) is 5.94. The van der Waals surface area contributed by atoms with Gasteiger partial charge in [0.2, 0.25) is 5.91 Å². The quantitative estimate of drug-likeness (QED) is 0.804. The SMILES string of the molecule is COC1CNC(C(=O)Nc2ccc(F)cc2I)C1. The minimum absolute atomic E-state index is 0.0769. The molecule has 0 spiro atoms. The van der Waals surface area contributed by atoms with Gasteiger partial charge in [-0.2, -0.15) is 0 Å². The van der Waals surface area contributed by atoms with E-state index < -0.39 is 0 Å². The van der Waals surface area contributed by atoms with Crippen molar-refractivity contribution in [1.29, 1.82) is 0 Å². The highest BCUT2D eigenvalue weighted by atomic mass is 127. The zero-order valence-corrected chi connectivity index (χ0v) is 12.0. The van der Waals surface area contributed by atoms with Gasteiger partial charge in [0, 0.05) is 17.2 Å². The lowest BCUT2D eigenvalue weighted by atomic mass is 10.2. The number of benzene rings is 1. The normalized spacial score (nSPS) is 23.1. The highest BCUT2D eigenvalue weighted by Gasteiger charge is 2.29. The molecule has 1 fully saturated rings. The van der Waals surface area contributed by atoms with E-state index in [9.17, 15) is 9.18 Å². The number of halogens is 2. The van der Waals surface area contributed by atoms with Crippen molar-refractivity contribution in [1.82, 2.24) is 5.32 Å². The third kappa shape index (κ3) is 3.18. The number of methoxy groups -OCH3 is 1. The molecular weight excluding hydrogens is 350 g/mol. The monoisotopic (exact) mass is 364 g/mol. The number of rotatable bonds is 3. The van der Waals surface area contributed by atoms with Crippen LogP contribution in [0.3, 0.4) is 0 Å². The van der Waals surface area contributed by atoms with Gasteiger partial charge >= 0.3 is 0 Å². The number of carbonyl (C=O) groups excluding carboxylic acids is 1. The van der Waals surface area contributed by atoms with Crippen molar-refractivity contribution >= 4 is 34.2 Å². The molecular formula is C12H14FIN2O2. The van der Waals surface area contributed by atoms with E-state index in [2.05, 4.69) is 10.6 Å². The molecule has 0 bridgehead atoms. The Hall–Kier alpha value is -0.730. The average molecular weight is 364 g/mol. The van der Waals surface area contributed by atoms with E-state index in [0.29, 0.717) is 22.2 Å². The summed E-state index contributed by atoms with van der Waals surface area (Å²) in [7, 11) is 1.63. The van der Waals surface area contributed by atoms with Crippen LogP contribution in [0.4, 0.5) is 10.1 Å². The largest absolute Gasteiger partial charge is 0.380 e. The second-order valence-electron chi connectivity index (χ2n) is 4.17. The lowest BCUT2D eigenvalue weighted by Gasteiger charge is -2.12. The third-order valence-corrected chi connectivity index (χ3v) is 3.82. The van der Waals surface area contributed by atoms with E-state index >= 15 is 0 Å². The number of hydrogen-bond acceptors (Lipinski definition) is 3. The zero-order valence-electron chi connectivity index (χ0n) is 9.87. The summed E-state index contributed by atoms with van der Waals surface area (Å²) in [5, 5.41) is 5.89. The van der Waals surface area contributed by atoms with Crippen molar-refractivity contribution < 1.29 is 13.9 Å². The molecule has 6 heteroatoms. The summed E-state index contributed by atoms with van der Waals surface area (Å²) >= 11 is 1.99. The molecule has 0 aliphatic carbocycles. The molecule has 1 saturated heterocycles. The molecule has 2 atom stereocenters. The molecule has 1 aromatic rings. The molecule has 1 aliphatic rings. The highest BCUT2D eigenvalue weighted by molar-refractivity contribution is 14.1. The fraction of sp³-hybridized carbons (Fsp3) is 0.417. The Labute approximate surface area is 118 Å². The summed E-state index contributed by atoms with van der Waals surface area (Å²) in [4.78, 5) is 12.0. The van der Waals surface area contributed by atoms with Gasteiger partial charge in [0.25, 0.3) is 0 Å². The van der Waals surface area contributed by atoms with Gasteiger partial charge in [-0.05, 0) is 47.2 Å². The van der Waals surface area contributed by atoms with Gasteiger partial charge in [-0.1, -0.05) is 0 Å². The van der Waals surface area contributed by atoms with Crippen LogP contribution in [0.15, 0.2) is 18.2 Å². The predicted octanol–water partition coefficient (Wildman–Crippen LogP) is 1.75. The smallest absolute Gasteiger partial charge is 0.241 e. The van der Waals surface area contributed by atoms with E-state index in [4.69, 9.17) is 4.74 Å². The molecule has 0 radical (unpaired) electrons. The molecule has 1 aromatic carbocycles. The average Bonchev–Trinajstić information content (AvgIpc) is 2.81. The second-order valence-corrected chi connectivity index (χ2v) is 5.33. The minimum atomic E-state index is -0.309. The Kier molecular flexibility index (Phi) is 4.52. The molecule has 2 rings (SSSR count). The molecule has 4 nitrogen and oxygen atoms in total. The van der Waals surface area contributed by atoms with Crippen LogP contribution in [0.5, 0.6) is 0 Å². The van der Waals surface area contributed by atoms with Gasteiger partial charge in [-0.15, -0.1) is 0 Å². The van der Waals surface area contributed by atoms with Crippen molar-refractivity contribution in [2.75, 3.05) is 19.0 Å². The van der Waals surface area contributed by atoms with Gasteiger partial charge in [-0.3, -0.25) is 4.79 Å². The van der Waals surface area contributed by atoms with Gasteiger partial charge in [0.15, 0.2) is 0 Å².